The van der Waals surface area contributed by atoms with Gasteiger partial charge < -0.3 is 0 Å². The van der Waals surface area contributed by atoms with Crippen LogP contribution in [0.3, 0.4) is 0 Å². The van der Waals surface area contributed by atoms with Crippen molar-refractivity contribution in [3.63, 3.8) is 0 Å². The fraction of sp³-hybridized carbons (Fsp3) is 0.300. The van der Waals surface area contributed by atoms with Crippen molar-refractivity contribution >= 4 is 0 Å². The van der Waals surface area contributed by atoms with Gasteiger partial charge in [-0.3, -0.25) is 0 Å². The predicted octanol–water partition coefficient (Wildman–Crippen LogP) is 5.98. The van der Waals surface area contributed by atoms with Crippen LogP contribution in [0.25, 0.3) is 11.1 Å². The Morgan fingerprint density at radius 2 is 1.67 bits per heavy atom. The summed E-state index contributed by atoms with van der Waals surface area (Å²) in [6.07, 6.45) is 6.45. The number of benzene rings is 2. The number of halogens is 4. The van der Waals surface area contributed by atoms with Crippen molar-refractivity contribution in [2.45, 2.75) is 32.1 Å². The van der Waals surface area contributed by atoms with E-state index in [1.807, 2.05) is 6.08 Å². The second-order valence-electron chi connectivity index (χ2n) is 6.33. The van der Waals surface area contributed by atoms with Crippen molar-refractivity contribution in [2.24, 2.45) is 5.92 Å². The lowest BCUT2D eigenvalue weighted by atomic mass is 9.80. The highest BCUT2D eigenvalue weighted by Gasteiger charge is 2.21. The number of fused-ring (bicyclic) bond motifs is 1. The van der Waals surface area contributed by atoms with E-state index in [9.17, 15) is 17.6 Å². The van der Waals surface area contributed by atoms with E-state index in [1.54, 1.807) is 6.07 Å². The Morgan fingerprint density at radius 1 is 0.958 bits per heavy atom. The molecule has 0 nitrogen and oxygen atoms in total. The standard InChI is InChI=1S/C20H18F4/c1-2-3-4-12-5-6-13-8-16(17(21)9-14(13)7-12)15-10-18(22)20(24)19(23)11-15/h2,8-12H,1,3-7H2. The van der Waals surface area contributed by atoms with Crippen molar-refractivity contribution in [2.75, 3.05) is 0 Å². The molecule has 0 bridgehead atoms. The Hall–Kier alpha value is -2.10. The molecule has 0 spiro atoms. The van der Waals surface area contributed by atoms with Crippen molar-refractivity contribution in [1.82, 2.24) is 0 Å². The zero-order chi connectivity index (χ0) is 17.3. The van der Waals surface area contributed by atoms with Gasteiger partial charge in [-0.05, 0) is 79.0 Å². The van der Waals surface area contributed by atoms with Crippen LogP contribution < -0.4 is 0 Å². The van der Waals surface area contributed by atoms with E-state index >= 15 is 0 Å². The number of rotatable bonds is 4. The highest BCUT2D eigenvalue weighted by Crippen LogP contribution is 2.34. The zero-order valence-corrected chi connectivity index (χ0v) is 13.2. The van der Waals surface area contributed by atoms with Crippen LogP contribution in [0.5, 0.6) is 0 Å². The highest BCUT2D eigenvalue weighted by molar-refractivity contribution is 5.66. The van der Waals surface area contributed by atoms with Gasteiger partial charge >= 0.3 is 0 Å². The first-order valence-electron chi connectivity index (χ1n) is 8.06. The third kappa shape index (κ3) is 3.23. The molecule has 0 fully saturated rings. The van der Waals surface area contributed by atoms with E-state index < -0.39 is 23.3 Å². The summed E-state index contributed by atoms with van der Waals surface area (Å²) >= 11 is 0. The fourth-order valence-electron chi connectivity index (χ4n) is 3.39. The van der Waals surface area contributed by atoms with Gasteiger partial charge in [0.15, 0.2) is 17.5 Å². The smallest absolute Gasteiger partial charge is 0.194 e. The van der Waals surface area contributed by atoms with E-state index in [1.165, 1.54) is 6.07 Å². The summed E-state index contributed by atoms with van der Waals surface area (Å²) in [4.78, 5) is 0. The number of aryl methyl sites for hydroxylation is 1. The fourth-order valence-corrected chi connectivity index (χ4v) is 3.39. The van der Waals surface area contributed by atoms with Crippen LogP contribution in [0.1, 0.15) is 30.4 Å². The molecule has 24 heavy (non-hydrogen) atoms. The molecule has 1 atom stereocenters. The van der Waals surface area contributed by atoms with Gasteiger partial charge in [0.25, 0.3) is 0 Å². The summed E-state index contributed by atoms with van der Waals surface area (Å²) in [5.41, 5.74) is 2.06. The van der Waals surface area contributed by atoms with Crippen molar-refractivity contribution < 1.29 is 17.6 Å². The maximum absolute atomic E-state index is 14.5. The minimum atomic E-state index is -1.54. The largest absolute Gasteiger partial charge is 0.206 e. The number of hydrogen-bond donors (Lipinski definition) is 0. The summed E-state index contributed by atoms with van der Waals surface area (Å²) in [7, 11) is 0. The van der Waals surface area contributed by atoms with E-state index in [2.05, 4.69) is 6.58 Å². The third-order valence-electron chi connectivity index (χ3n) is 4.69. The van der Waals surface area contributed by atoms with E-state index in [-0.39, 0.29) is 11.1 Å². The average molecular weight is 334 g/mol. The van der Waals surface area contributed by atoms with Crippen LogP contribution in [0.4, 0.5) is 17.6 Å². The molecule has 1 aliphatic carbocycles. The lowest BCUT2D eigenvalue weighted by Gasteiger charge is -2.25. The topological polar surface area (TPSA) is 0 Å². The quantitative estimate of drug-likeness (QED) is 0.366. The Labute approximate surface area is 138 Å². The second-order valence-corrected chi connectivity index (χ2v) is 6.33. The first kappa shape index (κ1) is 16.7. The third-order valence-corrected chi connectivity index (χ3v) is 4.69. The molecule has 2 aromatic carbocycles. The molecular formula is C20H18F4. The molecule has 3 rings (SSSR count). The maximum atomic E-state index is 14.5. The molecule has 0 saturated heterocycles. The predicted molar refractivity (Wildman–Crippen MR) is 86.7 cm³/mol. The Kier molecular flexibility index (Phi) is 4.74. The first-order valence-corrected chi connectivity index (χ1v) is 8.06. The monoisotopic (exact) mass is 334 g/mol. The molecule has 0 saturated carbocycles. The summed E-state index contributed by atoms with van der Waals surface area (Å²) in [5.74, 6) is -4.20. The van der Waals surface area contributed by atoms with Crippen molar-refractivity contribution in [3.05, 3.63) is 71.3 Å². The summed E-state index contributed by atoms with van der Waals surface area (Å²) in [6.45, 7) is 3.72. The highest BCUT2D eigenvalue weighted by atomic mass is 19.2. The van der Waals surface area contributed by atoms with Crippen molar-refractivity contribution in [3.8, 4) is 11.1 Å². The molecule has 2 aromatic rings. The van der Waals surface area contributed by atoms with Gasteiger partial charge in [-0.25, -0.2) is 17.6 Å². The van der Waals surface area contributed by atoms with Gasteiger partial charge in [-0.1, -0.05) is 6.08 Å². The van der Waals surface area contributed by atoms with E-state index in [4.69, 9.17) is 0 Å². The molecule has 0 radical (unpaired) electrons. The average Bonchev–Trinajstić information content (AvgIpc) is 2.56. The van der Waals surface area contributed by atoms with E-state index in [0.717, 1.165) is 55.4 Å². The van der Waals surface area contributed by atoms with Crippen LogP contribution in [0, 0.1) is 29.2 Å². The lowest BCUT2D eigenvalue weighted by molar-refractivity contribution is 0.429. The molecule has 0 heterocycles. The molecule has 0 aromatic heterocycles. The zero-order valence-electron chi connectivity index (χ0n) is 13.2. The van der Waals surface area contributed by atoms with Gasteiger partial charge in [0.1, 0.15) is 5.82 Å². The van der Waals surface area contributed by atoms with Crippen LogP contribution in [0.15, 0.2) is 36.9 Å². The summed E-state index contributed by atoms with van der Waals surface area (Å²) in [5, 5.41) is 0. The molecule has 0 N–H and O–H groups in total. The van der Waals surface area contributed by atoms with Crippen LogP contribution in [-0.2, 0) is 12.8 Å². The van der Waals surface area contributed by atoms with Gasteiger partial charge in [0.2, 0.25) is 0 Å². The Bertz CT molecular complexity index is 756. The molecule has 1 aliphatic rings. The van der Waals surface area contributed by atoms with Gasteiger partial charge in [-0.2, -0.15) is 0 Å². The van der Waals surface area contributed by atoms with Gasteiger partial charge in [0.05, 0.1) is 0 Å². The van der Waals surface area contributed by atoms with Crippen LogP contribution in [0.2, 0.25) is 0 Å². The minimum absolute atomic E-state index is 0.0143. The number of hydrogen-bond acceptors (Lipinski definition) is 0. The van der Waals surface area contributed by atoms with E-state index in [0.29, 0.717) is 5.92 Å². The summed E-state index contributed by atoms with van der Waals surface area (Å²) in [6, 6.07) is 4.75. The van der Waals surface area contributed by atoms with Crippen molar-refractivity contribution in [1.29, 1.82) is 0 Å². The molecule has 0 amide bonds. The van der Waals surface area contributed by atoms with Gasteiger partial charge in [0, 0.05) is 5.56 Å². The first-order chi connectivity index (χ1) is 11.5. The minimum Gasteiger partial charge on any atom is -0.206 e. The normalized spacial score (nSPS) is 16.8. The molecule has 1 unspecified atom stereocenters. The van der Waals surface area contributed by atoms with Crippen LogP contribution in [-0.4, -0.2) is 0 Å². The SMILES string of the molecule is C=CCCC1CCc2cc(-c3cc(F)c(F)c(F)c3)c(F)cc2C1. The van der Waals surface area contributed by atoms with Crippen LogP contribution >= 0.6 is 0 Å². The Balaban J connectivity index is 1.94. The molecular weight excluding hydrogens is 316 g/mol. The second kappa shape index (κ2) is 6.80. The molecule has 4 heteroatoms. The molecule has 0 aliphatic heterocycles. The number of allylic oxidation sites excluding steroid dienone is 1. The Morgan fingerprint density at radius 3 is 2.33 bits per heavy atom. The lowest BCUT2D eigenvalue weighted by Crippen LogP contribution is -2.14. The molecule has 126 valence electrons. The van der Waals surface area contributed by atoms with Gasteiger partial charge in [-0.15, -0.1) is 6.58 Å². The summed E-state index contributed by atoms with van der Waals surface area (Å²) < 4.78 is 54.4. The maximum Gasteiger partial charge on any atom is 0.194 e.